The Morgan fingerprint density at radius 2 is 1.86 bits per heavy atom. The summed E-state index contributed by atoms with van der Waals surface area (Å²) in [6, 6.07) is 7.28. The van der Waals surface area contributed by atoms with Crippen molar-refractivity contribution >= 4 is 5.91 Å². The molecule has 0 aliphatic heterocycles. The maximum Gasteiger partial charge on any atom is 0.252 e. The summed E-state index contributed by atoms with van der Waals surface area (Å²) in [5, 5.41) is 0. The van der Waals surface area contributed by atoms with Crippen molar-refractivity contribution in [2.45, 2.75) is 32.5 Å². The molecule has 1 atom stereocenters. The Bertz CT molecular complexity index is 523. The predicted octanol–water partition coefficient (Wildman–Crippen LogP) is 3.38. The monoisotopic (exact) mass is 303 g/mol. The molecule has 0 radical (unpaired) electrons. The Hall–Kier alpha value is -2.27. The van der Waals surface area contributed by atoms with E-state index in [1.54, 1.807) is 42.6 Å². The molecule has 118 valence electrons. The first-order valence-corrected chi connectivity index (χ1v) is 7.26. The lowest BCUT2D eigenvalue weighted by molar-refractivity contribution is -0.144. The largest absolute Gasteiger partial charge is 0.467 e. The van der Waals surface area contributed by atoms with Crippen molar-refractivity contribution in [1.82, 2.24) is 4.90 Å². The van der Waals surface area contributed by atoms with Crippen LogP contribution in [0.3, 0.4) is 0 Å². The van der Waals surface area contributed by atoms with Crippen molar-refractivity contribution < 1.29 is 18.4 Å². The Balaban J connectivity index is 2.01. The fourth-order valence-corrected chi connectivity index (χ4v) is 2.05. The molecule has 2 aromatic rings. The Morgan fingerprint density at radius 3 is 2.32 bits per heavy atom. The minimum Gasteiger partial charge on any atom is -0.467 e. The molecule has 0 N–H and O–H groups in total. The van der Waals surface area contributed by atoms with E-state index in [0.717, 1.165) is 11.5 Å². The summed E-state index contributed by atoms with van der Waals surface area (Å²) in [4.78, 5) is 14.2. The molecule has 5 heteroatoms. The summed E-state index contributed by atoms with van der Waals surface area (Å²) in [6.45, 7) is 6.62. The number of furan rings is 2. The minimum absolute atomic E-state index is 0.100. The minimum atomic E-state index is -0.523. The Labute approximate surface area is 130 Å². The van der Waals surface area contributed by atoms with Gasteiger partial charge in [0.25, 0.3) is 5.91 Å². The lowest BCUT2D eigenvalue weighted by atomic mass is 10.2. The lowest BCUT2D eigenvalue weighted by Gasteiger charge is -2.24. The highest BCUT2D eigenvalue weighted by molar-refractivity contribution is 5.80. The average molecular weight is 303 g/mol. The van der Waals surface area contributed by atoms with Gasteiger partial charge in [0.15, 0.2) is 0 Å². The number of carbonyl (C=O) groups excluding carboxylic acids is 1. The molecule has 2 aromatic heterocycles. The quantitative estimate of drug-likeness (QED) is 0.526. The second kappa shape index (κ2) is 8.24. The average Bonchev–Trinajstić information content (AvgIpc) is 3.19. The third kappa shape index (κ3) is 4.63. The number of hydrogen-bond donors (Lipinski definition) is 0. The molecule has 0 bridgehead atoms. The van der Waals surface area contributed by atoms with Gasteiger partial charge in [-0.05, 0) is 37.6 Å². The zero-order chi connectivity index (χ0) is 15.8. The molecule has 0 aromatic carbocycles. The van der Waals surface area contributed by atoms with Crippen molar-refractivity contribution in [2.24, 2.45) is 0 Å². The number of hydrogen-bond acceptors (Lipinski definition) is 4. The predicted molar refractivity (Wildman–Crippen MR) is 81.9 cm³/mol. The second-order valence-electron chi connectivity index (χ2n) is 4.94. The Morgan fingerprint density at radius 1 is 1.27 bits per heavy atom. The van der Waals surface area contributed by atoms with Crippen molar-refractivity contribution in [3.8, 4) is 0 Å². The van der Waals surface area contributed by atoms with E-state index in [-0.39, 0.29) is 5.91 Å². The molecule has 2 rings (SSSR count). The maximum atomic E-state index is 12.6. The van der Waals surface area contributed by atoms with E-state index in [2.05, 4.69) is 6.58 Å². The number of carbonyl (C=O) groups is 1. The van der Waals surface area contributed by atoms with Gasteiger partial charge >= 0.3 is 0 Å². The third-order valence-electron chi connectivity index (χ3n) is 3.20. The molecular formula is C17H21NO4. The molecular weight excluding hydrogens is 282 g/mol. The highest BCUT2D eigenvalue weighted by atomic mass is 16.5. The van der Waals surface area contributed by atoms with Crippen molar-refractivity contribution in [1.29, 1.82) is 0 Å². The number of ether oxygens (including phenoxy) is 1. The van der Waals surface area contributed by atoms with Crippen LogP contribution >= 0.6 is 0 Å². The van der Waals surface area contributed by atoms with E-state index in [1.165, 1.54) is 0 Å². The van der Waals surface area contributed by atoms with Gasteiger partial charge in [-0.25, -0.2) is 0 Å². The first-order chi connectivity index (χ1) is 10.7. The van der Waals surface area contributed by atoms with Crippen LogP contribution in [0.4, 0.5) is 0 Å². The normalized spacial score (nSPS) is 12.0. The van der Waals surface area contributed by atoms with Crippen LogP contribution in [-0.4, -0.2) is 23.5 Å². The SMILES string of the molecule is C=CCCOC(C)C(=O)N(Cc1ccco1)Cc1ccco1. The van der Waals surface area contributed by atoms with Gasteiger partial charge in [0.1, 0.15) is 17.6 Å². The van der Waals surface area contributed by atoms with Gasteiger partial charge < -0.3 is 18.5 Å². The lowest BCUT2D eigenvalue weighted by Crippen LogP contribution is -2.38. The summed E-state index contributed by atoms with van der Waals surface area (Å²) in [6.07, 6.45) is 5.14. The molecule has 0 saturated carbocycles. The highest BCUT2D eigenvalue weighted by Gasteiger charge is 2.23. The van der Waals surface area contributed by atoms with Gasteiger partial charge in [-0.3, -0.25) is 4.79 Å². The first kappa shape index (κ1) is 16.1. The van der Waals surface area contributed by atoms with Gasteiger partial charge in [0.05, 0.1) is 32.2 Å². The summed E-state index contributed by atoms with van der Waals surface area (Å²) in [5.74, 6) is 1.34. The molecule has 22 heavy (non-hydrogen) atoms. The zero-order valence-electron chi connectivity index (χ0n) is 12.7. The summed E-state index contributed by atoms with van der Waals surface area (Å²) in [7, 11) is 0. The molecule has 0 fully saturated rings. The Kier molecular flexibility index (Phi) is 6.03. The van der Waals surface area contributed by atoms with E-state index in [0.29, 0.717) is 26.1 Å². The molecule has 1 amide bonds. The van der Waals surface area contributed by atoms with E-state index >= 15 is 0 Å². The van der Waals surface area contributed by atoms with Crippen LogP contribution < -0.4 is 0 Å². The summed E-state index contributed by atoms with van der Waals surface area (Å²) in [5.41, 5.74) is 0. The van der Waals surface area contributed by atoms with Gasteiger partial charge in [-0.2, -0.15) is 0 Å². The summed E-state index contributed by atoms with van der Waals surface area (Å²) < 4.78 is 16.2. The second-order valence-corrected chi connectivity index (χ2v) is 4.94. The van der Waals surface area contributed by atoms with Crippen LogP contribution in [-0.2, 0) is 22.6 Å². The number of amides is 1. The van der Waals surface area contributed by atoms with Crippen LogP contribution in [0, 0.1) is 0 Å². The topological polar surface area (TPSA) is 55.8 Å². The molecule has 0 spiro atoms. The van der Waals surface area contributed by atoms with E-state index in [4.69, 9.17) is 13.6 Å². The molecule has 1 unspecified atom stereocenters. The number of rotatable bonds is 9. The van der Waals surface area contributed by atoms with E-state index in [1.807, 2.05) is 12.1 Å². The third-order valence-corrected chi connectivity index (χ3v) is 3.20. The standard InChI is InChI=1S/C17H21NO4/c1-3-4-9-20-14(2)17(19)18(12-15-7-5-10-21-15)13-16-8-6-11-22-16/h3,5-8,10-11,14H,1,4,9,12-13H2,2H3. The van der Waals surface area contributed by atoms with Crippen LogP contribution in [0.15, 0.2) is 58.3 Å². The van der Waals surface area contributed by atoms with Crippen molar-refractivity contribution in [3.63, 3.8) is 0 Å². The van der Waals surface area contributed by atoms with Gasteiger partial charge in [0, 0.05) is 0 Å². The molecule has 2 heterocycles. The van der Waals surface area contributed by atoms with Crippen LogP contribution in [0.2, 0.25) is 0 Å². The van der Waals surface area contributed by atoms with Crippen molar-refractivity contribution in [2.75, 3.05) is 6.61 Å². The first-order valence-electron chi connectivity index (χ1n) is 7.26. The van der Waals surface area contributed by atoms with Crippen LogP contribution in [0.5, 0.6) is 0 Å². The molecule has 5 nitrogen and oxygen atoms in total. The fourth-order valence-electron chi connectivity index (χ4n) is 2.05. The highest BCUT2D eigenvalue weighted by Crippen LogP contribution is 2.13. The van der Waals surface area contributed by atoms with Crippen LogP contribution in [0.25, 0.3) is 0 Å². The van der Waals surface area contributed by atoms with Gasteiger partial charge in [-0.15, -0.1) is 6.58 Å². The molecule has 0 aliphatic rings. The van der Waals surface area contributed by atoms with E-state index in [9.17, 15) is 4.79 Å². The van der Waals surface area contributed by atoms with Crippen molar-refractivity contribution in [3.05, 3.63) is 61.0 Å². The molecule has 0 aliphatic carbocycles. The molecule has 0 saturated heterocycles. The van der Waals surface area contributed by atoms with Gasteiger partial charge in [0.2, 0.25) is 0 Å². The number of nitrogens with zero attached hydrogens (tertiary/aromatic N) is 1. The van der Waals surface area contributed by atoms with Crippen LogP contribution in [0.1, 0.15) is 24.9 Å². The maximum absolute atomic E-state index is 12.6. The zero-order valence-corrected chi connectivity index (χ0v) is 12.7. The van der Waals surface area contributed by atoms with Gasteiger partial charge in [-0.1, -0.05) is 6.08 Å². The smallest absolute Gasteiger partial charge is 0.252 e. The fraction of sp³-hybridized carbons (Fsp3) is 0.353. The summed E-state index contributed by atoms with van der Waals surface area (Å²) >= 11 is 0. The van der Waals surface area contributed by atoms with E-state index < -0.39 is 6.10 Å².